The highest BCUT2D eigenvalue weighted by Gasteiger charge is 2.37. The van der Waals surface area contributed by atoms with Gasteiger partial charge in [0.25, 0.3) is 0 Å². The molecule has 1 heterocycles. The number of hydrogen-bond donors (Lipinski definition) is 2. The molecule has 0 radical (unpaired) electrons. The topological polar surface area (TPSA) is 41.1 Å². The maximum atomic E-state index is 11.6. The third-order valence-corrected chi connectivity index (χ3v) is 4.23. The Morgan fingerprint density at radius 2 is 2.19 bits per heavy atom. The van der Waals surface area contributed by atoms with E-state index in [9.17, 15) is 4.79 Å². The summed E-state index contributed by atoms with van der Waals surface area (Å²) in [4.78, 5) is 11.6. The van der Waals surface area contributed by atoms with Crippen LogP contribution in [0.15, 0.2) is 0 Å². The lowest BCUT2D eigenvalue weighted by Crippen LogP contribution is -2.27. The molecule has 3 nitrogen and oxygen atoms in total. The molecule has 3 heteroatoms. The third-order valence-electron chi connectivity index (χ3n) is 4.23. The van der Waals surface area contributed by atoms with Crippen molar-refractivity contribution in [2.75, 3.05) is 20.1 Å². The molecule has 1 amide bonds. The number of carbonyl (C=O) groups excluding carboxylic acids is 1. The Bertz CT molecular complexity index is 230. The van der Waals surface area contributed by atoms with Crippen molar-refractivity contribution in [3.05, 3.63) is 0 Å². The summed E-state index contributed by atoms with van der Waals surface area (Å²) in [5.74, 6) is 2.34. The first-order chi connectivity index (χ1) is 7.61. The summed E-state index contributed by atoms with van der Waals surface area (Å²) in [6, 6.07) is 0. The Morgan fingerprint density at radius 1 is 1.50 bits per heavy atom. The minimum absolute atomic E-state index is 0.243. The number of carbonyl (C=O) groups is 1. The van der Waals surface area contributed by atoms with Gasteiger partial charge in [-0.25, -0.2) is 0 Å². The Kier molecular flexibility index (Phi) is 5.26. The smallest absolute Gasteiger partial charge is 0.223 e. The van der Waals surface area contributed by atoms with E-state index in [1.807, 2.05) is 7.05 Å². The Labute approximate surface area is 99.4 Å². The summed E-state index contributed by atoms with van der Waals surface area (Å²) in [5.41, 5.74) is 0. The quantitative estimate of drug-likeness (QED) is 0.723. The summed E-state index contributed by atoms with van der Waals surface area (Å²) in [6.07, 6.45) is 2.17. The second-order valence-corrected chi connectivity index (χ2v) is 5.15. The number of rotatable bonds is 6. The molecule has 94 valence electrons. The highest BCUT2D eigenvalue weighted by Crippen LogP contribution is 2.33. The molecule has 4 unspecified atom stereocenters. The van der Waals surface area contributed by atoms with E-state index in [1.54, 1.807) is 0 Å². The average molecular weight is 226 g/mol. The minimum Gasteiger partial charge on any atom is -0.356 e. The third kappa shape index (κ3) is 2.97. The SMILES string of the molecule is CCC1C(=O)NCC1C(C)C(C)CCNC. The minimum atomic E-state index is 0.243. The Morgan fingerprint density at radius 3 is 2.75 bits per heavy atom. The Hall–Kier alpha value is -0.570. The van der Waals surface area contributed by atoms with Crippen molar-refractivity contribution in [2.45, 2.75) is 33.6 Å². The van der Waals surface area contributed by atoms with Gasteiger partial charge in [0.1, 0.15) is 0 Å². The van der Waals surface area contributed by atoms with Gasteiger partial charge < -0.3 is 10.6 Å². The van der Waals surface area contributed by atoms with Gasteiger partial charge in [0.2, 0.25) is 5.91 Å². The molecule has 1 aliphatic rings. The number of hydrogen-bond acceptors (Lipinski definition) is 2. The van der Waals surface area contributed by atoms with Crippen LogP contribution < -0.4 is 10.6 Å². The maximum absolute atomic E-state index is 11.6. The summed E-state index contributed by atoms with van der Waals surface area (Å²) >= 11 is 0. The van der Waals surface area contributed by atoms with E-state index >= 15 is 0 Å². The standard InChI is InChI=1S/C13H26N2O/c1-5-11-12(8-15-13(11)16)10(3)9(2)6-7-14-4/h9-12,14H,5-8H2,1-4H3,(H,15,16). The normalized spacial score (nSPS) is 28.9. The lowest BCUT2D eigenvalue weighted by Gasteiger charge is -2.28. The van der Waals surface area contributed by atoms with E-state index in [0.29, 0.717) is 17.8 Å². The van der Waals surface area contributed by atoms with Crippen molar-refractivity contribution in [1.82, 2.24) is 10.6 Å². The zero-order valence-corrected chi connectivity index (χ0v) is 11.0. The first kappa shape index (κ1) is 13.5. The monoisotopic (exact) mass is 226 g/mol. The fourth-order valence-corrected chi connectivity index (χ4v) is 2.78. The van der Waals surface area contributed by atoms with Crippen LogP contribution in [-0.2, 0) is 4.79 Å². The van der Waals surface area contributed by atoms with Crippen LogP contribution in [0.4, 0.5) is 0 Å². The molecule has 1 aliphatic heterocycles. The first-order valence-electron chi connectivity index (χ1n) is 6.54. The molecule has 2 N–H and O–H groups in total. The van der Waals surface area contributed by atoms with Crippen molar-refractivity contribution in [3.8, 4) is 0 Å². The zero-order chi connectivity index (χ0) is 12.1. The molecule has 1 saturated heterocycles. The molecule has 0 aromatic carbocycles. The van der Waals surface area contributed by atoms with Crippen LogP contribution >= 0.6 is 0 Å². The lowest BCUT2D eigenvalue weighted by atomic mass is 9.76. The van der Waals surface area contributed by atoms with Gasteiger partial charge >= 0.3 is 0 Å². The molecule has 0 saturated carbocycles. The average Bonchev–Trinajstić information content (AvgIpc) is 2.66. The van der Waals surface area contributed by atoms with Gasteiger partial charge in [0, 0.05) is 12.5 Å². The number of amides is 1. The van der Waals surface area contributed by atoms with Gasteiger partial charge in [-0.05, 0) is 44.2 Å². The lowest BCUT2D eigenvalue weighted by molar-refractivity contribution is -0.123. The van der Waals surface area contributed by atoms with Crippen LogP contribution in [0.3, 0.4) is 0 Å². The first-order valence-corrected chi connectivity index (χ1v) is 6.54. The van der Waals surface area contributed by atoms with Crippen LogP contribution in [0.1, 0.15) is 33.6 Å². The largest absolute Gasteiger partial charge is 0.356 e. The van der Waals surface area contributed by atoms with Crippen LogP contribution in [0.25, 0.3) is 0 Å². The van der Waals surface area contributed by atoms with Crippen LogP contribution in [0, 0.1) is 23.7 Å². The predicted octanol–water partition coefficient (Wildman–Crippen LogP) is 1.64. The summed E-state index contributed by atoms with van der Waals surface area (Å²) in [6.45, 7) is 8.66. The fourth-order valence-electron chi connectivity index (χ4n) is 2.78. The van der Waals surface area contributed by atoms with Crippen molar-refractivity contribution in [2.24, 2.45) is 23.7 Å². The molecule has 0 aliphatic carbocycles. The van der Waals surface area contributed by atoms with Crippen molar-refractivity contribution < 1.29 is 4.79 Å². The molecule has 4 atom stereocenters. The van der Waals surface area contributed by atoms with E-state index in [0.717, 1.165) is 19.5 Å². The van der Waals surface area contributed by atoms with Gasteiger partial charge in [0.05, 0.1) is 0 Å². The van der Waals surface area contributed by atoms with Crippen molar-refractivity contribution in [1.29, 1.82) is 0 Å². The van der Waals surface area contributed by atoms with Gasteiger partial charge in [0.15, 0.2) is 0 Å². The molecular weight excluding hydrogens is 200 g/mol. The molecule has 1 rings (SSSR count). The second kappa shape index (κ2) is 6.24. The van der Waals surface area contributed by atoms with Gasteiger partial charge in [-0.15, -0.1) is 0 Å². The van der Waals surface area contributed by atoms with E-state index in [4.69, 9.17) is 0 Å². The fraction of sp³-hybridized carbons (Fsp3) is 0.923. The van der Waals surface area contributed by atoms with E-state index in [-0.39, 0.29) is 11.8 Å². The van der Waals surface area contributed by atoms with Crippen LogP contribution in [0.2, 0.25) is 0 Å². The molecule has 16 heavy (non-hydrogen) atoms. The second-order valence-electron chi connectivity index (χ2n) is 5.15. The van der Waals surface area contributed by atoms with Crippen molar-refractivity contribution in [3.63, 3.8) is 0 Å². The Balaban J connectivity index is 2.52. The number of nitrogens with one attached hydrogen (secondary N) is 2. The molecule has 0 spiro atoms. The summed E-state index contributed by atoms with van der Waals surface area (Å²) in [5, 5.41) is 6.20. The predicted molar refractivity (Wildman–Crippen MR) is 67.2 cm³/mol. The molecular formula is C13H26N2O. The highest BCUT2D eigenvalue weighted by molar-refractivity contribution is 5.81. The zero-order valence-electron chi connectivity index (χ0n) is 11.0. The van der Waals surface area contributed by atoms with Gasteiger partial charge in [-0.2, -0.15) is 0 Å². The highest BCUT2D eigenvalue weighted by atomic mass is 16.2. The summed E-state index contributed by atoms with van der Waals surface area (Å²) in [7, 11) is 1.99. The van der Waals surface area contributed by atoms with Crippen molar-refractivity contribution >= 4 is 5.91 Å². The van der Waals surface area contributed by atoms with E-state index in [1.165, 1.54) is 6.42 Å². The van der Waals surface area contributed by atoms with Gasteiger partial charge in [-0.1, -0.05) is 20.8 Å². The molecule has 0 bridgehead atoms. The van der Waals surface area contributed by atoms with E-state index in [2.05, 4.69) is 31.4 Å². The van der Waals surface area contributed by atoms with Gasteiger partial charge in [-0.3, -0.25) is 4.79 Å². The van der Waals surface area contributed by atoms with E-state index < -0.39 is 0 Å². The van der Waals surface area contributed by atoms with Crippen LogP contribution in [0.5, 0.6) is 0 Å². The molecule has 0 aromatic rings. The van der Waals surface area contributed by atoms with Crippen LogP contribution in [-0.4, -0.2) is 26.0 Å². The molecule has 0 aromatic heterocycles. The molecule has 1 fully saturated rings. The summed E-state index contributed by atoms with van der Waals surface area (Å²) < 4.78 is 0. The maximum Gasteiger partial charge on any atom is 0.223 e.